The van der Waals surface area contributed by atoms with E-state index in [1.54, 1.807) is 0 Å². The third kappa shape index (κ3) is 1.52. The fraction of sp³-hybridized carbons (Fsp3) is 0.571. The molecule has 2 nitrogen and oxygen atoms in total. The first-order chi connectivity index (χ1) is 7.90. The predicted molar refractivity (Wildman–Crippen MR) is 65.8 cm³/mol. The molecule has 1 aromatic rings. The van der Waals surface area contributed by atoms with Crippen LogP contribution < -0.4 is 4.90 Å². The van der Waals surface area contributed by atoms with Crippen LogP contribution in [0.5, 0.6) is 0 Å². The van der Waals surface area contributed by atoms with E-state index in [1.807, 2.05) is 0 Å². The van der Waals surface area contributed by atoms with Crippen molar-refractivity contribution < 1.29 is 5.11 Å². The van der Waals surface area contributed by atoms with Gasteiger partial charge in [-0.1, -0.05) is 31.0 Å². The summed E-state index contributed by atoms with van der Waals surface area (Å²) in [5, 5.41) is 9.53. The van der Waals surface area contributed by atoms with Crippen LogP contribution in [-0.2, 0) is 6.42 Å². The van der Waals surface area contributed by atoms with E-state index in [2.05, 4.69) is 29.2 Å². The van der Waals surface area contributed by atoms with Gasteiger partial charge in [-0.3, -0.25) is 0 Å². The fourth-order valence-corrected chi connectivity index (χ4v) is 3.31. The van der Waals surface area contributed by atoms with Gasteiger partial charge in [-0.2, -0.15) is 0 Å². The van der Waals surface area contributed by atoms with Crippen molar-refractivity contribution in [2.45, 2.75) is 44.2 Å². The highest BCUT2D eigenvalue weighted by atomic mass is 16.3. The Hall–Kier alpha value is -1.02. The normalized spacial score (nSPS) is 25.1. The number of fused-ring (bicyclic) bond motifs is 1. The first kappa shape index (κ1) is 10.2. The lowest BCUT2D eigenvalue weighted by Gasteiger charge is -2.32. The number of anilines is 1. The monoisotopic (exact) mass is 217 g/mol. The largest absolute Gasteiger partial charge is 0.394 e. The maximum absolute atomic E-state index is 9.53. The highest BCUT2D eigenvalue weighted by Crippen LogP contribution is 2.37. The molecule has 0 spiro atoms. The Balaban J connectivity index is 1.94. The Morgan fingerprint density at radius 1 is 1.19 bits per heavy atom. The van der Waals surface area contributed by atoms with E-state index in [4.69, 9.17) is 0 Å². The number of aliphatic hydroxyl groups excluding tert-OH is 1. The van der Waals surface area contributed by atoms with Gasteiger partial charge in [0.2, 0.25) is 0 Å². The van der Waals surface area contributed by atoms with Crippen LogP contribution in [0.2, 0.25) is 0 Å². The van der Waals surface area contributed by atoms with Crippen LogP contribution in [0.1, 0.15) is 31.2 Å². The zero-order valence-corrected chi connectivity index (χ0v) is 9.60. The molecule has 1 aromatic carbocycles. The van der Waals surface area contributed by atoms with Crippen LogP contribution in [0, 0.1) is 0 Å². The van der Waals surface area contributed by atoms with Gasteiger partial charge >= 0.3 is 0 Å². The molecule has 1 saturated carbocycles. The molecule has 1 aliphatic carbocycles. The third-order valence-electron chi connectivity index (χ3n) is 4.05. The van der Waals surface area contributed by atoms with E-state index in [0.717, 1.165) is 6.42 Å². The Morgan fingerprint density at radius 3 is 2.69 bits per heavy atom. The Labute approximate surface area is 96.9 Å². The van der Waals surface area contributed by atoms with Gasteiger partial charge in [-0.15, -0.1) is 0 Å². The molecule has 0 aromatic heterocycles. The summed E-state index contributed by atoms with van der Waals surface area (Å²) in [6.07, 6.45) is 6.31. The van der Waals surface area contributed by atoms with Gasteiger partial charge in [0.05, 0.1) is 12.6 Å². The zero-order valence-electron chi connectivity index (χ0n) is 9.60. The average Bonchev–Trinajstić information content (AvgIpc) is 2.94. The van der Waals surface area contributed by atoms with Gasteiger partial charge in [0.15, 0.2) is 0 Å². The minimum Gasteiger partial charge on any atom is -0.394 e. The minimum absolute atomic E-state index is 0.283. The fourth-order valence-electron chi connectivity index (χ4n) is 3.31. The highest BCUT2D eigenvalue weighted by molar-refractivity contribution is 5.60. The molecule has 1 fully saturated rings. The second-order valence-electron chi connectivity index (χ2n) is 5.01. The van der Waals surface area contributed by atoms with Crippen molar-refractivity contribution in [2.24, 2.45) is 0 Å². The molecule has 0 amide bonds. The molecule has 1 aliphatic heterocycles. The SMILES string of the molecule is OCC1Cc2ccccc2N1C1CCCC1. The molecule has 1 heterocycles. The maximum atomic E-state index is 9.53. The number of benzene rings is 1. The van der Waals surface area contributed by atoms with Crippen molar-refractivity contribution in [2.75, 3.05) is 11.5 Å². The first-order valence-corrected chi connectivity index (χ1v) is 6.37. The standard InChI is InChI=1S/C14H19NO/c16-10-13-9-11-5-1-4-8-14(11)15(13)12-6-2-3-7-12/h1,4-5,8,12-13,16H,2-3,6-7,9-10H2. The summed E-state index contributed by atoms with van der Waals surface area (Å²) in [5.41, 5.74) is 2.78. The van der Waals surface area contributed by atoms with Crippen molar-refractivity contribution in [3.8, 4) is 0 Å². The van der Waals surface area contributed by atoms with Crippen LogP contribution in [0.3, 0.4) is 0 Å². The molecule has 0 radical (unpaired) electrons. The maximum Gasteiger partial charge on any atom is 0.0638 e. The number of nitrogens with zero attached hydrogens (tertiary/aromatic N) is 1. The van der Waals surface area contributed by atoms with Gasteiger partial charge in [0.1, 0.15) is 0 Å². The molecule has 1 atom stereocenters. The summed E-state index contributed by atoms with van der Waals surface area (Å²) in [5.74, 6) is 0. The second-order valence-corrected chi connectivity index (χ2v) is 5.01. The molecule has 16 heavy (non-hydrogen) atoms. The summed E-state index contributed by atoms with van der Waals surface area (Å²) in [6.45, 7) is 0.283. The molecule has 1 N–H and O–H groups in total. The zero-order chi connectivity index (χ0) is 11.0. The molecular weight excluding hydrogens is 198 g/mol. The number of hydrogen-bond donors (Lipinski definition) is 1. The van der Waals surface area contributed by atoms with Crippen molar-refractivity contribution in [1.82, 2.24) is 0 Å². The molecule has 3 rings (SSSR count). The molecule has 86 valence electrons. The van der Waals surface area contributed by atoms with Crippen LogP contribution in [0.25, 0.3) is 0 Å². The summed E-state index contributed by atoms with van der Waals surface area (Å²) >= 11 is 0. The predicted octanol–water partition coefficient (Wildman–Crippen LogP) is 2.35. The van der Waals surface area contributed by atoms with Gasteiger partial charge in [-0.25, -0.2) is 0 Å². The van der Waals surface area contributed by atoms with E-state index in [1.165, 1.54) is 36.9 Å². The topological polar surface area (TPSA) is 23.5 Å². The van der Waals surface area contributed by atoms with Crippen LogP contribution in [-0.4, -0.2) is 23.8 Å². The number of rotatable bonds is 2. The number of para-hydroxylation sites is 1. The summed E-state index contributed by atoms with van der Waals surface area (Å²) < 4.78 is 0. The van der Waals surface area contributed by atoms with Gasteiger partial charge in [-0.05, 0) is 30.9 Å². The Bertz CT molecular complexity index is 369. The number of aliphatic hydroxyl groups is 1. The lowest BCUT2D eigenvalue weighted by molar-refractivity contribution is 0.257. The summed E-state index contributed by atoms with van der Waals surface area (Å²) in [6, 6.07) is 9.61. The second kappa shape index (κ2) is 4.10. The Morgan fingerprint density at radius 2 is 1.94 bits per heavy atom. The van der Waals surface area contributed by atoms with E-state index < -0.39 is 0 Å². The van der Waals surface area contributed by atoms with Gasteiger partial charge < -0.3 is 10.0 Å². The quantitative estimate of drug-likeness (QED) is 0.822. The number of hydrogen-bond acceptors (Lipinski definition) is 2. The smallest absolute Gasteiger partial charge is 0.0638 e. The van der Waals surface area contributed by atoms with Crippen LogP contribution >= 0.6 is 0 Å². The van der Waals surface area contributed by atoms with Gasteiger partial charge in [0, 0.05) is 11.7 Å². The Kier molecular flexibility index (Phi) is 2.60. The highest BCUT2D eigenvalue weighted by Gasteiger charge is 2.34. The van der Waals surface area contributed by atoms with E-state index in [-0.39, 0.29) is 6.61 Å². The van der Waals surface area contributed by atoms with Crippen molar-refractivity contribution in [3.05, 3.63) is 29.8 Å². The van der Waals surface area contributed by atoms with E-state index in [9.17, 15) is 5.11 Å². The summed E-state index contributed by atoms with van der Waals surface area (Å²) in [7, 11) is 0. The summed E-state index contributed by atoms with van der Waals surface area (Å²) in [4.78, 5) is 2.49. The van der Waals surface area contributed by atoms with Crippen molar-refractivity contribution in [1.29, 1.82) is 0 Å². The molecule has 2 aliphatic rings. The van der Waals surface area contributed by atoms with E-state index >= 15 is 0 Å². The lowest BCUT2D eigenvalue weighted by Crippen LogP contribution is -2.41. The molecular formula is C14H19NO. The molecule has 1 unspecified atom stereocenters. The van der Waals surface area contributed by atoms with Crippen molar-refractivity contribution >= 4 is 5.69 Å². The van der Waals surface area contributed by atoms with Crippen molar-refractivity contribution in [3.63, 3.8) is 0 Å². The van der Waals surface area contributed by atoms with E-state index in [0.29, 0.717) is 12.1 Å². The molecule has 0 bridgehead atoms. The first-order valence-electron chi connectivity index (χ1n) is 6.37. The van der Waals surface area contributed by atoms with Crippen LogP contribution in [0.15, 0.2) is 24.3 Å². The van der Waals surface area contributed by atoms with Gasteiger partial charge in [0.25, 0.3) is 0 Å². The van der Waals surface area contributed by atoms with Crippen LogP contribution in [0.4, 0.5) is 5.69 Å². The minimum atomic E-state index is 0.283. The lowest BCUT2D eigenvalue weighted by atomic mass is 10.1. The average molecular weight is 217 g/mol. The molecule has 2 heteroatoms. The molecule has 0 saturated heterocycles. The third-order valence-corrected chi connectivity index (χ3v) is 4.05.